The first-order valence-electron chi connectivity index (χ1n) is 9.64. The molecule has 3 atom stereocenters. The number of halogens is 1. The highest BCUT2D eigenvalue weighted by atomic mass is 19.1. The second-order valence-corrected chi connectivity index (χ2v) is 7.97. The molecule has 0 aliphatic heterocycles. The zero-order valence-electron chi connectivity index (χ0n) is 16.2. The summed E-state index contributed by atoms with van der Waals surface area (Å²) in [6.07, 6.45) is 3.46. The van der Waals surface area contributed by atoms with Crippen molar-refractivity contribution in [1.82, 2.24) is 4.90 Å². The second kappa shape index (κ2) is 8.69. The molecular weight excluding hydrogens is 337 g/mol. The maximum absolute atomic E-state index is 13.1. The van der Waals surface area contributed by atoms with Gasteiger partial charge in [-0.05, 0) is 75.5 Å². The third-order valence-corrected chi connectivity index (χ3v) is 5.45. The Balaban J connectivity index is 1.74. The molecule has 1 aliphatic rings. The highest BCUT2D eigenvalue weighted by molar-refractivity contribution is 5.36. The molecule has 1 aliphatic carbocycles. The zero-order chi connectivity index (χ0) is 19.3. The molecule has 1 fully saturated rings. The lowest BCUT2D eigenvalue weighted by Crippen LogP contribution is -2.46. The average Bonchev–Trinajstić information content (AvgIpc) is 2.65. The fourth-order valence-electron chi connectivity index (χ4n) is 4.02. The summed E-state index contributed by atoms with van der Waals surface area (Å²) < 4.78 is 13.1. The van der Waals surface area contributed by atoms with Crippen molar-refractivity contribution in [3.05, 3.63) is 71.5 Å². The van der Waals surface area contributed by atoms with Gasteiger partial charge in [0.2, 0.25) is 0 Å². The molecule has 0 amide bonds. The van der Waals surface area contributed by atoms with E-state index in [2.05, 4.69) is 16.7 Å². The Morgan fingerprint density at radius 1 is 1.11 bits per heavy atom. The number of aliphatic hydroxyl groups is 1. The lowest BCUT2D eigenvalue weighted by Gasteiger charge is -2.41. The summed E-state index contributed by atoms with van der Waals surface area (Å²) in [5.74, 6) is 6.75. The van der Waals surface area contributed by atoms with Gasteiger partial charge in [-0.25, -0.2) is 4.39 Å². The van der Waals surface area contributed by atoms with E-state index in [1.807, 2.05) is 56.6 Å². The minimum Gasteiger partial charge on any atom is -0.377 e. The third kappa shape index (κ3) is 5.42. The minimum absolute atomic E-state index is 0.0999. The quantitative estimate of drug-likeness (QED) is 0.824. The van der Waals surface area contributed by atoms with Crippen molar-refractivity contribution < 1.29 is 9.50 Å². The van der Waals surface area contributed by atoms with Crippen LogP contribution in [0.5, 0.6) is 0 Å². The Kier molecular flexibility index (Phi) is 6.31. The Labute approximate surface area is 162 Å². The number of benzene rings is 2. The molecule has 0 radical (unpaired) electrons. The van der Waals surface area contributed by atoms with Crippen LogP contribution >= 0.6 is 0 Å². The van der Waals surface area contributed by atoms with Crippen molar-refractivity contribution in [2.75, 3.05) is 20.6 Å². The van der Waals surface area contributed by atoms with Crippen molar-refractivity contribution in [3.63, 3.8) is 0 Å². The van der Waals surface area contributed by atoms with Crippen LogP contribution in [0.25, 0.3) is 0 Å². The van der Waals surface area contributed by atoms with Gasteiger partial charge in [0.25, 0.3) is 0 Å². The Bertz CT molecular complexity index is 791. The maximum Gasteiger partial charge on any atom is 0.129 e. The molecule has 2 aromatic rings. The first-order valence-corrected chi connectivity index (χ1v) is 9.64. The molecule has 27 heavy (non-hydrogen) atoms. The van der Waals surface area contributed by atoms with Crippen LogP contribution in [0.3, 0.4) is 0 Å². The van der Waals surface area contributed by atoms with E-state index < -0.39 is 5.60 Å². The standard InChI is InChI=1S/C24H28FNO/c1-26(2)18-22-17-21(16-20-8-10-23(25)11-9-20)13-15-24(22,27)14-12-19-6-4-3-5-7-19/h3-11,21-22,27H,13,15-18H2,1-2H3. The summed E-state index contributed by atoms with van der Waals surface area (Å²) in [5, 5.41) is 11.3. The maximum atomic E-state index is 13.1. The molecule has 3 unspecified atom stereocenters. The van der Waals surface area contributed by atoms with Crippen LogP contribution in [0.15, 0.2) is 54.6 Å². The smallest absolute Gasteiger partial charge is 0.129 e. The molecule has 0 spiro atoms. The van der Waals surface area contributed by atoms with Gasteiger partial charge in [0.05, 0.1) is 0 Å². The van der Waals surface area contributed by atoms with E-state index in [0.717, 1.165) is 36.9 Å². The molecule has 3 heteroatoms. The third-order valence-electron chi connectivity index (χ3n) is 5.45. The van der Waals surface area contributed by atoms with Crippen molar-refractivity contribution >= 4 is 0 Å². The van der Waals surface area contributed by atoms with Gasteiger partial charge in [0, 0.05) is 18.0 Å². The van der Waals surface area contributed by atoms with Crippen LogP contribution in [0.1, 0.15) is 30.4 Å². The summed E-state index contributed by atoms with van der Waals surface area (Å²) in [6.45, 7) is 0.805. The van der Waals surface area contributed by atoms with Crippen LogP contribution in [-0.4, -0.2) is 36.2 Å². The van der Waals surface area contributed by atoms with Gasteiger partial charge in [0.1, 0.15) is 11.4 Å². The predicted molar refractivity (Wildman–Crippen MR) is 108 cm³/mol. The Hall–Kier alpha value is -2.15. The van der Waals surface area contributed by atoms with E-state index >= 15 is 0 Å². The summed E-state index contributed by atoms with van der Waals surface area (Å²) >= 11 is 0. The number of nitrogens with zero attached hydrogens (tertiary/aromatic N) is 1. The second-order valence-electron chi connectivity index (χ2n) is 7.97. The molecule has 0 aromatic heterocycles. The minimum atomic E-state index is -0.959. The van der Waals surface area contributed by atoms with E-state index in [1.165, 1.54) is 12.1 Å². The van der Waals surface area contributed by atoms with E-state index in [0.29, 0.717) is 12.3 Å². The largest absolute Gasteiger partial charge is 0.377 e. The number of rotatable bonds is 4. The van der Waals surface area contributed by atoms with E-state index in [4.69, 9.17) is 0 Å². The Morgan fingerprint density at radius 2 is 1.81 bits per heavy atom. The van der Waals surface area contributed by atoms with Crippen molar-refractivity contribution in [2.24, 2.45) is 11.8 Å². The predicted octanol–water partition coefficient (Wildman–Crippen LogP) is 4.13. The summed E-state index contributed by atoms with van der Waals surface area (Å²) in [7, 11) is 4.07. The molecule has 1 saturated carbocycles. The molecule has 0 bridgehead atoms. The molecule has 0 heterocycles. The van der Waals surface area contributed by atoms with Crippen LogP contribution in [0.2, 0.25) is 0 Å². The average molecular weight is 365 g/mol. The SMILES string of the molecule is CN(C)CC1CC(Cc2ccc(F)cc2)CCC1(O)C#Cc1ccccc1. The van der Waals surface area contributed by atoms with Crippen molar-refractivity contribution in [1.29, 1.82) is 0 Å². The van der Waals surface area contributed by atoms with Gasteiger partial charge >= 0.3 is 0 Å². The van der Waals surface area contributed by atoms with E-state index in [1.54, 1.807) is 0 Å². The van der Waals surface area contributed by atoms with Gasteiger partial charge in [-0.3, -0.25) is 0 Å². The van der Waals surface area contributed by atoms with Gasteiger partial charge in [-0.1, -0.05) is 42.2 Å². The normalized spacial score (nSPS) is 25.1. The molecule has 2 aromatic carbocycles. The molecule has 0 saturated heterocycles. The number of hydrogen-bond acceptors (Lipinski definition) is 2. The van der Waals surface area contributed by atoms with E-state index in [9.17, 15) is 9.50 Å². The highest BCUT2D eigenvalue weighted by Crippen LogP contribution is 2.38. The summed E-state index contributed by atoms with van der Waals surface area (Å²) in [6, 6.07) is 16.6. The topological polar surface area (TPSA) is 23.5 Å². The monoisotopic (exact) mass is 365 g/mol. The lowest BCUT2D eigenvalue weighted by atomic mass is 9.69. The van der Waals surface area contributed by atoms with Crippen molar-refractivity contribution in [2.45, 2.75) is 31.3 Å². The van der Waals surface area contributed by atoms with Crippen molar-refractivity contribution in [3.8, 4) is 11.8 Å². The Morgan fingerprint density at radius 3 is 2.48 bits per heavy atom. The van der Waals surface area contributed by atoms with Gasteiger partial charge in [-0.2, -0.15) is 0 Å². The summed E-state index contributed by atoms with van der Waals surface area (Å²) in [4.78, 5) is 2.13. The number of hydrogen-bond donors (Lipinski definition) is 1. The first kappa shape index (κ1) is 19.6. The zero-order valence-corrected chi connectivity index (χ0v) is 16.2. The fraction of sp³-hybridized carbons (Fsp3) is 0.417. The lowest BCUT2D eigenvalue weighted by molar-refractivity contribution is -0.0221. The van der Waals surface area contributed by atoms with Crippen LogP contribution in [0.4, 0.5) is 4.39 Å². The van der Waals surface area contributed by atoms with Crippen LogP contribution in [0, 0.1) is 29.5 Å². The molecular formula is C24H28FNO. The van der Waals surface area contributed by atoms with Gasteiger partial charge in [0.15, 0.2) is 0 Å². The van der Waals surface area contributed by atoms with Crippen LogP contribution in [-0.2, 0) is 6.42 Å². The summed E-state index contributed by atoms with van der Waals surface area (Å²) in [5.41, 5.74) is 1.13. The highest BCUT2D eigenvalue weighted by Gasteiger charge is 2.41. The van der Waals surface area contributed by atoms with E-state index in [-0.39, 0.29) is 11.7 Å². The molecule has 2 nitrogen and oxygen atoms in total. The molecule has 1 N–H and O–H groups in total. The van der Waals surface area contributed by atoms with Crippen LogP contribution < -0.4 is 0 Å². The van der Waals surface area contributed by atoms with Gasteiger partial charge in [-0.15, -0.1) is 0 Å². The first-order chi connectivity index (χ1) is 12.9. The van der Waals surface area contributed by atoms with Gasteiger partial charge < -0.3 is 10.0 Å². The fourth-order valence-corrected chi connectivity index (χ4v) is 4.02. The molecule has 142 valence electrons. The molecule has 3 rings (SSSR count).